The maximum absolute atomic E-state index is 12.4. The Morgan fingerprint density at radius 1 is 1.03 bits per heavy atom. The van der Waals surface area contributed by atoms with E-state index in [1.54, 1.807) is 0 Å². The lowest BCUT2D eigenvalue weighted by Crippen LogP contribution is -2.50. The van der Waals surface area contributed by atoms with Crippen LogP contribution in [0.25, 0.3) is 10.2 Å². The molecular weight excluding hydrogens is 416 g/mol. The lowest BCUT2D eigenvalue weighted by atomic mass is 10.1. The summed E-state index contributed by atoms with van der Waals surface area (Å²) in [5.41, 5.74) is 6.11. The summed E-state index contributed by atoms with van der Waals surface area (Å²) in [4.78, 5) is 44.2. The van der Waals surface area contributed by atoms with E-state index in [0.29, 0.717) is 50.8 Å². The van der Waals surface area contributed by atoms with Crippen molar-refractivity contribution in [2.45, 2.75) is 25.7 Å². The van der Waals surface area contributed by atoms with Gasteiger partial charge in [0.1, 0.15) is 0 Å². The van der Waals surface area contributed by atoms with E-state index in [9.17, 15) is 14.4 Å². The van der Waals surface area contributed by atoms with Gasteiger partial charge in [0, 0.05) is 39.1 Å². The number of nitrogens with zero attached hydrogens (tertiary/aromatic N) is 3. The molecule has 0 bridgehead atoms. The van der Waals surface area contributed by atoms with Crippen molar-refractivity contribution in [3.63, 3.8) is 0 Å². The van der Waals surface area contributed by atoms with Gasteiger partial charge in [-0.25, -0.2) is 4.98 Å². The molecule has 0 unspecified atom stereocenters. The summed E-state index contributed by atoms with van der Waals surface area (Å²) in [5, 5.41) is 6.22. The minimum atomic E-state index is -0.150. The Hall–Kier alpha value is -2.56. The molecule has 3 amide bonds. The molecule has 0 radical (unpaired) electrons. The van der Waals surface area contributed by atoms with Crippen LogP contribution in [-0.2, 0) is 14.4 Å². The monoisotopic (exact) mass is 446 g/mol. The molecule has 2 aromatic rings. The predicted molar refractivity (Wildman–Crippen MR) is 122 cm³/mol. The Kier molecular flexibility index (Phi) is 8.74. The van der Waals surface area contributed by atoms with Crippen LogP contribution in [0.5, 0.6) is 0 Å². The van der Waals surface area contributed by atoms with Crippen LogP contribution >= 0.6 is 11.3 Å². The van der Waals surface area contributed by atoms with E-state index in [-0.39, 0.29) is 24.3 Å². The van der Waals surface area contributed by atoms with E-state index in [2.05, 4.69) is 20.5 Å². The van der Waals surface area contributed by atoms with Gasteiger partial charge in [-0.3, -0.25) is 19.3 Å². The van der Waals surface area contributed by atoms with Crippen LogP contribution in [0.3, 0.4) is 0 Å². The first-order chi connectivity index (χ1) is 15.0. The van der Waals surface area contributed by atoms with Gasteiger partial charge in [-0.05, 0) is 25.0 Å². The summed E-state index contributed by atoms with van der Waals surface area (Å²) in [6, 6.07) is 7.79. The van der Waals surface area contributed by atoms with Crippen molar-refractivity contribution in [3.8, 4) is 0 Å². The number of aromatic nitrogens is 1. The molecule has 1 aliphatic heterocycles. The summed E-state index contributed by atoms with van der Waals surface area (Å²) in [5.74, 6) is -0.0761. The fourth-order valence-electron chi connectivity index (χ4n) is 3.48. The fourth-order valence-corrected chi connectivity index (χ4v) is 4.36. The molecule has 31 heavy (non-hydrogen) atoms. The first-order valence-electron chi connectivity index (χ1n) is 10.7. The molecule has 0 atom stereocenters. The number of hydrogen-bond acceptors (Lipinski definition) is 7. The second-order valence-corrected chi connectivity index (χ2v) is 8.59. The van der Waals surface area contributed by atoms with Gasteiger partial charge in [-0.15, -0.1) is 0 Å². The van der Waals surface area contributed by atoms with Crippen molar-refractivity contribution >= 4 is 44.4 Å². The highest BCUT2D eigenvalue weighted by Gasteiger charge is 2.22. The molecule has 0 aliphatic carbocycles. The van der Waals surface area contributed by atoms with Crippen molar-refractivity contribution < 1.29 is 14.4 Å². The van der Waals surface area contributed by atoms with E-state index in [1.807, 2.05) is 29.2 Å². The number of amides is 3. The standard InChI is InChI=1S/C21H30N6O3S/c22-14-18(28)23-9-5-1-2-8-20(30)27-12-10-26(11-13-27)15-19(29)25-21-24-16-6-3-4-7-17(16)31-21/h3-4,6-7H,1-2,5,8-15,22H2,(H,23,28)(H,24,25,29). The molecule has 1 saturated heterocycles. The number of anilines is 1. The second-order valence-electron chi connectivity index (χ2n) is 7.56. The predicted octanol–water partition coefficient (Wildman–Crippen LogP) is 1.01. The van der Waals surface area contributed by atoms with Crippen LogP contribution in [0.4, 0.5) is 5.13 Å². The smallest absolute Gasteiger partial charge is 0.240 e. The number of carbonyl (C=O) groups excluding carboxylic acids is 3. The first kappa shape index (κ1) is 23.1. The lowest BCUT2D eigenvalue weighted by molar-refractivity contribution is -0.133. The molecule has 9 nitrogen and oxygen atoms in total. The average Bonchev–Trinajstić information content (AvgIpc) is 3.18. The highest BCUT2D eigenvalue weighted by Crippen LogP contribution is 2.25. The Labute approximate surface area is 186 Å². The van der Waals surface area contributed by atoms with Crippen molar-refractivity contribution in [1.82, 2.24) is 20.1 Å². The maximum atomic E-state index is 12.4. The molecule has 2 heterocycles. The van der Waals surface area contributed by atoms with Crippen LogP contribution in [-0.4, -0.2) is 78.3 Å². The fraction of sp³-hybridized carbons (Fsp3) is 0.524. The van der Waals surface area contributed by atoms with Crippen LogP contribution in [0.15, 0.2) is 24.3 Å². The zero-order chi connectivity index (χ0) is 22.1. The lowest BCUT2D eigenvalue weighted by Gasteiger charge is -2.34. The zero-order valence-corrected chi connectivity index (χ0v) is 18.5. The molecule has 1 aromatic heterocycles. The Bertz CT molecular complexity index is 861. The number of para-hydroxylation sites is 1. The van der Waals surface area contributed by atoms with Crippen molar-refractivity contribution in [2.24, 2.45) is 5.73 Å². The molecule has 1 aliphatic rings. The number of thiazole rings is 1. The number of nitrogens with two attached hydrogens (primary N) is 1. The van der Waals surface area contributed by atoms with Gasteiger partial charge in [0.05, 0.1) is 23.3 Å². The maximum Gasteiger partial charge on any atom is 0.240 e. The summed E-state index contributed by atoms with van der Waals surface area (Å²) in [6.45, 7) is 3.55. The largest absolute Gasteiger partial charge is 0.355 e. The quantitative estimate of drug-likeness (QED) is 0.469. The third kappa shape index (κ3) is 7.27. The summed E-state index contributed by atoms with van der Waals surface area (Å²) >= 11 is 1.47. The first-order valence-corrected chi connectivity index (χ1v) is 11.5. The van der Waals surface area contributed by atoms with E-state index >= 15 is 0 Å². The van der Waals surface area contributed by atoms with Crippen LogP contribution < -0.4 is 16.4 Å². The summed E-state index contributed by atoms with van der Waals surface area (Å²) in [6.07, 6.45) is 3.06. The molecule has 1 aromatic carbocycles. The third-order valence-electron chi connectivity index (χ3n) is 5.21. The van der Waals surface area contributed by atoms with Crippen molar-refractivity contribution in [2.75, 3.05) is 51.1 Å². The molecule has 168 valence electrons. The normalized spacial score (nSPS) is 14.5. The minimum Gasteiger partial charge on any atom is -0.355 e. The van der Waals surface area contributed by atoms with Crippen LogP contribution in [0.2, 0.25) is 0 Å². The van der Waals surface area contributed by atoms with E-state index < -0.39 is 0 Å². The molecule has 0 saturated carbocycles. The number of fused-ring (bicyclic) bond motifs is 1. The summed E-state index contributed by atoms with van der Waals surface area (Å²) in [7, 11) is 0. The number of unbranched alkanes of at least 4 members (excludes halogenated alkanes) is 2. The van der Waals surface area contributed by atoms with Crippen molar-refractivity contribution in [3.05, 3.63) is 24.3 Å². The van der Waals surface area contributed by atoms with Crippen LogP contribution in [0, 0.1) is 0 Å². The summed E-state index contributed by atoms with van der Waals surface area (Å²) < 4.78 is 1.05. The van der Waals surface area contributed by atoms with E-state index in [1.165, 1.54) is 11.3 Å². The molecule has 10 heteroatoms. The average molecular weight is 447 g/mol. The number of hydrogen-bond donors (Lipinski definition) is 3. The molecule has 3 rings (SSSR count). The van der Waals surface area contributed by atoms with Crippen molar-refractivity contribution in [1.29, 1.82) is 0 Å². The van der Waals surface area contributed by atoms with Crippen LogP contribution in [0.1, 0.15) is 25.7 Å². The molecular formula is C21H30N6O3S. The molecule has 0 spiro atoms. The minimum absolute atomic E-state index is 0.00804. The van der Waals surface area contributed by atoms with E-state index in [4.69, 9.17) is 5.73 Å². The van der Waals surface area contributed by atoms with Gasteiger partial charge in [0.25, 0.3) is 0 Å². The third-order valence-corrected chi connectivity index (χ3v) is 6.16. The highest BCUT2D eigenvalue weighted by atomic mass is 32.1. The number of nitrogens with one attached hydrogen (secondary N) is 2. The van der Waals surface area contributed by atoms with Gasteiger partial charge in [-0.1, -0.05) is 29.9 Å². The van der Waals surface area contributed by atoms with E-state index in [0.717, 1.165) is 29.5 Å². The van der Waals surface area contributed by atoms with Gasteiger partial charge in [0.2, 0.25) is 17.7 Å². The zero-order valence-electron chi connectivity index (χ0n) is 17.6. The number of benzene rings is 1. The number of carbonyl (C=O) groups is 3. The Morgan fingerprint density at radius 2 is 1.81 bits per heavy atom. The Balaban J connectivity index is 1.30. The van der Waals surface area contributed by atoms with Gasteiger partial charge in [0.15, 0.2) is 5.13 Å². The molecule has 1 fully saturated rings. The Morgan fingerprint density at radius 3 is 2.55 bits per heavy atom. The van der Waals surface area contributed by atoms with Gasteiger partial charge >= 0.3 is 0 Å². The van der Waals surface area contributed by atoms with Gasteiger partial charge in [-0.2, -0.15) is 0 Å². The topological polar surface area (TPSA) is 121 Å². The highest BCUT2D eigenvalue weighted by molar-refractivity contribution is 7.22. The second kappa shape index (κ2) is 11.7. The molecule has 4 N–H and O–H groups in total. The number of piperazine rings is 1. The number of rotatable bonds is 10. The SMILES string of the molecule is NCC(=O)NCCCCCC(=O)N1CCN(CC(=O)Nc2nc3ccccc3s2)CC1. The van der Waals surface area contributed by atoms with Gasteiger partial charge < -0.3 is 21.3 Å².